The maximum atomic E-state index is 13.9. The third-order valence-corrected chi connectivity index (χ3v) is 5.68. The molecular formula is C21H18ClFN2O2S. The number of carbonyl (C=O) groups is 2. The molecule has 2 N–H and O–H groups in total. The highest BCUT2D eigenvalue weighted by Gasteiger charge is 2.19. The van der Waals surface area contributed by atoms with Crippen molar-refractivity contribution in [3.05, 3.63) is 87.0 Å². The summed E-state index contributed by atoms with van der Waals surface area (Å²) in [4.78, 5) is 25.5. The topological polar surface area (TPSA) is 58.2 Å². The van der Waals surface area contributed by atoms with Crippen LogP contribution in [0.5, 0.6) is 0 Å². The maximum Gasteiger partial charge on any atom is 0.262 e. The van der Waals surface area contributed by atoms with Gasteiger partial charge in [0.25, 0.3) is 11.8 Å². The fraction of sp³-hybridized carbons (Fsp3) is 0.143. The van der Waals surface area contributed by atoms with Gasteiger partial charge in [-0.3, -0.25) is 9.59 Å². The number of anilines is 1. The van der Waals surface area contributed by atoms with Crippen LogP contribution < -0.4 is 10.6 Å². The molecule has 0 saturated carbocycles. The Bertz CT molecular complexity index is 1030. The molecule has 3 aromatic rings. The van der Waals surface area contributed by atoms with Crippen molar-refractivity contribution < 1.29 is 14.0 Å². The molecule has 0 bridgehead atoms. The van der Waals surface area contributed by atoms with Gasteiger partial charge in [-0.2, -0.15) is 0 Å². The fourth-order valence-corrected chi connectivity index (χ4v) is 3.95. The largest absolute Gasteiger partial charge is 0.345 e. The first kappa shape index (κ1) is 20.0. The molecule has 1 heterocycles. The van der Waals surface area contributed by atoms with Gasteiger partial charge in [0.2, 0.25) is 0 Å². The van der Waals surface area contributed by atoms with Gasteiger partial charge >= 0.3 is 0 Å². The Morgan fingerprint density at radius 2 is 1.75 bits per heavy atom. The molecule has 1 atom stereocenters. The van der Waals surface area contributed by atoms with Crippen LogP contribution in [0.1, 0.15) is 44.1 Å². The molecule has 2 amide bonds. The van der Waals surface area contributed by atoms with Gasteiger partial charge in [-0.15, -0.1) is 11.3 Å². The summed E-state index contributed by atoms with van der Waals surface area (Å²) >= 11 is 7.21. The van der Waals surface area contributed by atoms with Crippen LogP contribution >= 0.6 is 22.9 Å². The van der Waals surface area contributed by atoms with Crippen molar-refractivity contribution in [2.24, 2.45) is 0 Å². The SMILES string of the molecule is Cc1cc(NC(=O)c2ccccc2Cl)sc1C(=O)NC(C)c1ccccc1F. The molecule has 0 aliphatic rings. The molecule has 3 rings (SSSR count). The number of rotatable bonds is 5. The molecule has 0 aliphatic carbocycles. The van der Waals surface area contributed by atoms with E-state index in [0.29, 0.717) is 26.0 Å². The molecule has 144 valence electrons. The lowest BCUT2D eigenvalue weighted by Crippen LogP contribution is -2.27. The standard InChI is InChI=1S/C21H18ClFN2O2S/c1-12-11-18(25-20(26)15-8-3-5-9-16(15)22)28-19(12)21(27)24-13(2)14-7-4-6-10-17(14)23/h3-11,13H,1-2H3,(H,24,27)(H,25,26). The minimum atomic E-state index is -0.489. The van der Waals surface area contributed by atoms with Crippen molar-refractivity contribution in [3.8, 4) is 0 Å². The number of aryl methyl sites for hydroxylation is 1. The van der Waals surface area contributed by atoms with E-state index in [-0.39, 0.29) is 17.6 Å². The molecule has 7 heteroatoms. The Morgan fingerprint density at radius 1 is 1.07 bits per heavy atom. The zero-order valence-electron chi connectivity index (χ0n) is 15.3. The second-order valence-electron chi connectivity index (χ2n) is 6.27. The molecule has 0 saturated heterocycles. The lowest BCUT2D eigenvalue weighted by molar-refractivity contribution is 0.0942. The number of hydrogen-bond donors (Lipinski definition) is 2. The smallest absolute Gasteiger partial charge is 0.262 e. The number of amides is 2. The van der Waals surface area contributed by atoms with E-state index in [2.05, 4.69) is 10.6 Å². The Hall–Kier alpha value is -2.70. The fourth-order valence-electron chi connectivity index (χ4n) is 2.76. The molecule has 4 nitrogen and oxygen atoms in total. The Labute approximate surface area is 171 Å². The summed E-state index contributed by atoms with van der Waals surface area (Å²) in [7, 11) is 0. The number of hydrogen-bond acceptors (Lipinski definition) is 3. The highest BCUT2D eigenvalue weighted by molar-refractivity contribution is 7.18. The number of benzene rings is 2. The van der Waals surface area contributed by atoms with Crippen molar-refractivity contribution in [1.29, 1.82) is 0 Å². The number of thiophene rings is 1. The molecule has 28 heavy (non-hydrogen) atoms. The lowest BCUT2D eigenvalue weighted by Gasteiger charge is -2.14. The number of halogens is 2. The zero-order chi connectivity index (χ0) is 20.3. The van der Waals surface area contributed by atoms with Crippen molar-refractivity contribution in [1.82, 2.24) is 5.32 Å². The van der Waals surface area contributed by atoms with Crippen molar-refractivity contribution in [2.75, 3.05) is 5.32 Å². The van der Waals surface area contributed by atoms with Gasteiger partial charge < -0.3 is 10.6 Å². The normalized spacial score (nSPS) is 11.7. The van der Waals surface area contributed by atoms with E-state index in [0.717, 1.165) is 16.9 Å². The molecule has 0 fully saturated rings. The van der Waals surface area contributed by atoms with Crippen molar-refractivity contribution in [2.45, 2.75) is 19.9 Å². The molecule has 0 aliphatic heterocycles. The number of carbonyl (C=O) groups excluding carboxylic acids is 2. The minimum Gasteiger partial charge on any atom is -0.345 e. The Morgan fingerprint density at radius 3 is 2.46 bits per heavy atom. The zero-order valence-corrected chi connectivity index (χ0v) is 16.8. The summed E-state index contributed by atoms with van der Waals surface area (Å²) in [5, 5.41) is 6.45. The third kappa shape index (κ3) is 4.40. The Kier molecular flexibility index (Phi) is 6.11. The summed E-state index contributed by atoms with van der Waals surface area (Å²) in [5.41, 5.74) is 1.49. The lowest BCUT2D eigenvalue weighted by atomic mass is 10.1. The van der Waals surface area contributed by atoms with E-state index in [1.165, 1.54) is 6.07 Å². The predicted molar refractivity (Wildman–Crippen MR) is 111 cm³/mol. The van der Waals surface area contributed by atoms with Crippen LogP contribution in [0, 0.1) is 12.7 Å². The first-order valence-electron chi connectivity index (χ1n) is 8.58. The van der Waals surface area contributed by atoms with Crippen LogP contribution in [-0.4, -0.2) is 11.8 Å². The highest BCUT2D eigenvalue weighted by Crippen LogP contribution is 2.28. The summed E-state index contributed by atoms with van der Waals surface area (Å²) in [6.45, 7) is 3.50. The predicted octanol–water partition coefficient (Wildman–Crippen LogP) is 5.59. The molecule has 0 radical (unpaired) electrons. The summed E-state index contributed by atoms with van der Waals surface area (Å²) in [5.74, 6) is -1.04. The van der Waals surface area contributed by atoms with E-state index in [1.54, 1.807) is 62.4 Å². The van der Waals surface area contributed by atoms with Gasteiger partial charge in [0.15, 0.2) is 0 Å². The molecule has 0 spiro atoms. The van der Waals surface area contributed by atoms with Gasteiger partial charge in [0.05, 0.1) is 26.5 Å². The van der Waals surface area contributed by atoms with Crippen LogP contribution in [0.2, 0.25) is 5.02 Å². The van der Waals surface area contributed by atoms with Crippen LogP contribution in [0.25, 0.3) is 0 Å². The van der Waals surface area contributed by atoms with Crippen LogP contribution in [0.3, 0.4) is 0 Å². The van der Waals surface area contributed by atoms with Gasteiger partial charge in [0, 0.05) is 5.56 Å². The van der Waals surface area contributed by atoms with Gasteiger partial charge in [0.1, 0.15) is 5.82 Å². The van der Waals surface area contributed by atoms with Crippen LogP contribution in [0.15, 0.2) is 54.6 Å². The maximum absolute atomic E-state index is 13.9. The van der Waals surface area contributed by atoms with E-state index in [1.807, 2.05) is 0 Å². The molecule has 1 unspecified atom stereocenters. The van der Waals surface area contributed by atoms with Gasteiger partial charge in [-0.05, 0) is 43.7 Å². The first-order chi connectivity index (χ1) is 13.4. The average Bonchev–Trinajstić information content (AvgIpc) is 3.02. The quantitative estimate of drug-likeness (QED) is 0.569. The average molecular weight is 417 g/mol. The second kappa shape index (κ2) is 8.54. The van der Waals surface area contributed by atoms with Gasteiger partial charge in [-0.25, -0.2) is 4.39 Å². The number of nitrogens with one attached hydrogen (secondary N) is 2. The minimum absolute atomic E-state index is 0.323. The van der Waals surface area contributed by atoms with E-state index in [4.69, 9.17) is 11.6 Å². The summed E-state index contributed by atoms with van der Waals surface area (Å²) < 4.78 is 13.9. The first-order valence-corrected chi connectivity index (χ1v) is 9.78. The molecule has 2 aromatic carbocycles. The monoisotopic (exact) mass is 416 g/mol. The second-order valence-corrected chi connectivity index (χ2v) is 7.73. The molecular weight excluding hydrogens is 399 g/mol. The van der Waals surface area contributed by atoms with E-state index < -0.39 is 6.04 Å². The van der Waals surface area contributed by atoms with E-state index >= 15 is 0 Å². The summed E-state index contributed by atoms with van der Waals surface area (Å²) in [6.07, 6.45) is 0. The van der Waals surface area contributed by atoms with Crippen LogP contribution in [-0.2, 0) is 0 Å². The summed E-state index contributed by atoms with van der Waals surface area (Å²) in [6, 6.07) is 14.3. The van der Waals surface area contributed by atoms with Crippen molar-refractivity contribution >= 4 is 39.8 Å². The van der Waals surface area contributed by atoms with Crippen molar-refractivity contribution in [3.63, 3.8) is 0 Å². The highest BCUT2D eigenvalue weighted by atomic mass is 35.5. The third-order valence-electron chi connectivity index (χ3n) is 4.20. The van der Waals surface area contributed by atoms with Gasteiger partial charge in [-0.1, -0.05) is 41.9 Å². The molecule has 1 aromatic heterocycles. The Balaban J connectivity index is 1.73. The van der Waals surface area contributed by atoms with E-state index in [9.17, 15) is 14.0 Å². The van der Waals surface area contributed by atoms with Crippen LogP contribution in [0.4, 0.5) is 9.39 Å².